The van der Waals surface area contributed by atoms with E-state index in [-0.39, 0.29) is 35.5 Å². The van der Waals surface area contributed by atoms with Crippen LogP contribution in [0, 0.1) is 5.92 Å². The smallest absolute Gasteiger partial charge is 0.543 e. The van der Waals surface area contributed by atoms with E-state index in [2.05, 4.69) is 52.5 Å². The number of hydrogen-bond donors (Lipinski definition) is 0. The van der Waals surface area contributed by atoms with Crippen LogP contribution in [0.15, 0.2) is 0 Å². The zero-order chi connectivity index (χ0) is 9.94. The third-order valence-electron chi connectivity index (χ3n) is 1.15. The average Bonchev–Trinajstić information content (AvgIpc) is 1.79. The largest absolute Gasteiger partial charge is 1.00 e. The maximum Gasteiger partial charge on any atom is 1.00 e. The molecule has 13 heavy (non-hydrogen) atoms. The maximum absolute atomic E-state index is 10.2. The van der Waals surface area contributed by atoms with Gasteiger partial charge in [0, 0.05) is 0 Å². The Hall–Kier alpha value is 1.71. The molecule has 7 heteroatoms. The number of carboxylic acid groups (broad SMARTS) is 1. The third-order valence-corrected chi connectivity index (χ3v) is 2.51. The van der Waals surface area contributed by atoms with E-state index < -0.39 is 14.4 Å². The molecule has 0 saturated heterocycles. The van der Waals surface area contributed by atoms with E-state index in [4.69, 9.17) is 0 Å². The number of hydrogen-bond acceptors (Lipinski definition) is 3. The molecule has 0 heterocycles. The number of carbonyl (C=O) groups is 1. The first kappa shape index (κ1) is 17.1. The Morgan fingerprint density at radius 1 is 1.38 bits per heavy atom. The molecule has 0 aliphatic carbocycles. The molecule has 0 amide bonds. The summed E-state index contributed by atoms with van der Waals surface area (Å²) in [6.45, 7) is 3.68. The second-order valence-electron chi connectivity index (χ2n) is 2.57. The van der Waals surface area contributed by atoms with Gasteiger partial charge in [0.25, 0.3) is 6.16 Å². The molecule has 0 rings (SSSR count). The van der Waals surface area contributed by atoms with Crippen molar-refractivity contribution in [2.45, 2.75) is 22.1 Å². The average molecular weight is 391 g/mol. The fraction of sp³-hybridized carbons (Fsp3) is 0.833. The fourth-order valence-corrected chi connectivity index (χ4v) is 2.55. The molecular weight excluding hydrogens is 383 g/mol. The van der Waals surface area contributed by atoms with Crippen molar-refractivity contribution >= 4 is 53.9 Å². The SMILES string of the molecule is CC(C)C(OC(=O)[O-])C(Br)(Br)Br.[Na+]. The first-order valence-electron chi connectivity index (χ1n) is 3.19. The summed E-state index contributed by atoms with van der Waals surface area (Å²) in [6.07, 6.45) is -2.08. The summed E-state index contributed by atoms with van der Waals surface area (Å²) in [6, 6.07) is 0. The van der Waals surface area contributed by atoms with E-state index in [9.17, 15) is 9.90 Å². The zero-order valence-corrected chi connectivity index (χ0v) is 14.3. The van der Waals surface area contributed by atoms with E-state index in [1.54, 1.807) is 0 Å². The fourth-order valence-electron chi connectivity index (χ4n) is 0.685. The van der Waals surface area contributed by atoms with Gasteiger partial charge in [-0.1, -0.05) is 61.6 Å². The van der Waals surface area contributed by atoms with E-state index >= 15 is 0 Å². The van der Waals surface area contributed by atoms with Crippen molar-refractivity contribution in [3.63, 3.8) is 0 Å². The van der Waals surface area contributed by atoms with Crippen LogP contribution in [0.3, 0.4) is 0 Å². The molecule has 0 saturated carbocycles. The van der Waals surface area contributed by atoms with Crippen LogP contribution in [-0.2, 0) is 4.74 Å². The minimum atomic E-state index is -1.53. The first-order chi connectivity index (χ1) is 5.25. The molecule has 0 bridgehead atoms. The molecule has 3 nitrogen and oxygen atoms in total. The normalized spacial score (nSPS) is 13.4. The van der Waals surface area contributed by atoms with Crippen LogP contribution in [0.1, 0.15) is 13.8 Å². The summed E-state index contributed by atoms with van der Waals surface area (Å²) in [5, 5.41) is 10.2. The van der Waals surface area contributed by atoms with Crippen LogP contribution in [0.5, 0.6) is 0 Å². The standard InChI is InChI=1S/C6H9Br3O3.Na/c1-3(2)4(6(7,8)9)12-5(10)11;/h3-4H,1-2H3,(H,10,11);/q;+1/p-1. The second-order valence-corrected chi connectivity index (χ2v) is 9.52. The maximum atomic E-state index is 10.2. The Labute approximate surface area is 125 Å². The van der Waals surface area contributed by atoms with Crippen LogP contribution in [-0.4, -0.2) is 14.4 Å². The second kappa shape index (κ2) is 7.06. The van der Waals surface area contributed by atoms with E-state index in [0.717, 1.165) is 0 Å². The van der Waals surface area contributed by atoms with Gasteiger partial charge in [0.05, 0.1) is 6.10 Å². The molecule has 0 aliphatic rings. The Kier molecular flexibility index (Phi) is 9.30. The van der Waals surface area contributed by atoms with Crippen molar-refractivity contribution in [3.05, 3.63) is 0 Å². The van der Waals surface area contributed by atoms with E-state index in [1.807, 2.05) is 13.8 Å². The van der Waals surface area contributed by atoms with E-state index in [1.165, 1.54) is 0 Å². The molecule has 1 atom stereocenters. The molecule has 0 aromatic rings. The third kappa shape index (κ3) is 7.62. The van der Waals surface area contributed by atoms with Gasteiger partial charge in [-0.2, -0.15) is 0 Å². The number of halogens is 3. The van der Waals surface area contributed by atoms with E-state index in [0.29, 0.717) is 0 Å². The topological polar surface area (TPSA) is 49.4 Å². The Balaban J connectivity index is 0. The molecule has 0 aromatic carbocycles. The summed E-state index contributed by atoms with van der Waals surface area (Å²) >= 11 is 9.57. The summed E-state index contributed by atoms with van der Waals surface area (Å²) in [5.74, 6) is 0.0287. The van der Waals surface area contributed by atoms with Gasteiger partial charge in [0.2, 0.25) is 0 Å². The molecule has 0 spiro atoms. The molecule has 0 N–H and O–H groups in total. The monoisotopic (exact) mass is 388 g/mol. The van der Waals surface area contributed by atoms with Crippen LogP contribution in [0.4, 0.5) is 4.79 Å². The number of alkyl halides is 3. The number of ether oxygens (including phenoxy) is 1. The van der Waals surface area contributed by atoms with Gasteiger partial charge in [-0.25, -0.2) is 0 Å². The van der Waals surface area contributed by atoms with Crippen molar-refractivity contribution in [1.29, 1.82) is 0 Å². The predicted molar refractivity (Wildman–Crippen MR) is 54.6 cm³/mol. The Bertz CT molecular complexity index is 169. The summed E-state index contributed by atoms with van der Waals surface area (Å²) < 4.78 is 3.81. The first-order valence-corrected chi connectivity index (χ1v) is 5.57. The molecule has 0 radical (unpaired) electrons. The molecule has 0 fully saturated rings. The van der Waals surface area contributed by atoms with Crippen molar-refractivity contribution < 1.29 is 44.2 Å². The Morgan fingerprint density at radius 2 is 1.77 bits per heavy atom. The van der Waals surface area contributed by atoms with Crippen LogP contribution in [0.2, 0.25) is 0 Å². The minimum Gasteiger partial charge on any atom is -0.543 e. The van der Waals surface area contributed by atoms with Gasteiger partial charge in [-0.3, -0.25) is 0 Å². The predicted octanol–water partition coefficient (Wildman–Crippen LogP) is -0.787. The summed E-state index contributed by atoms with van der Waals surface area (Å²) in [4.78, 5) is 10.2. The van der Waals surface area contributed by atoms with Gasteiger partial charge in [-0.05, 0) is 5.92 Å². The van der Waals surface area contributed by atoms with Gasteiger partial charge >= 0.3 is 29.6 Å². The molecule has 0 aliphatic heterocycles. The van der Waals surface area contributed by atoms with Crippen molar-refractivity contribution in [1.82, 2.24) is 0 Å². The minimum absolute atomic E-state index is 0. The molecule has 0 aromatic heterocycles. The van der Waals surface area contributed by atoms with Crippen LogP contribution >= 0.6 is 47.8 Å². The quantitative estimate of drug-likeness (QED) is 0.353. The number of rotatable bonds is 2. The molecular formula is C6H8Br3NaO3. The molecule has 1 unspecified atom stereocenters. The van der Waals surface area contributed by atoms with Crippen LogP contribution in [0.25, 0.3) is 0 Å². The van der Waals surface area contributed by atoms with Crippen molar-refractivity contribution in [2.75, 3.05) is 0 Å². The Morgan fingerprint density at radius 3 is 1.85 bits per heavy atom. The summed E-state index contributed by atoms with van der Waals surface area (Å²) in [5.41, 5.74) is 0. The van der Waals surface area contributed by atoms with Gasteiger partial charge < -0.3 is 14.6 Å². The molecule has 72 valence electrons. The van der Waals surface area contributed by atoms with Crippen molar-refractivity contribution in [3.8, 4) is 0 Å². The zero-order valence-electron chi connectivity index (χ0n) is 7.51. The summed E-state index contributed by atoms with van der Waals surface area (Å²) in [7, 11) is 0. The van der Waals surface area contributed by atoms with Crippen LogP contribution < -0.4 is 34.7 Å². The number of carbonyl (C=O) groups excluding carboxylic acids is 1. The van der Waals surface area contributed by atoms with Gasteiger partial charge in [-0.15, -0.1) is 0 Å². The van der Waals surface area contributed by atoms with Gasteiger partial charge in [0.15, 0.2) is 2.14 Å². The van der Waals surface area contributed by atoms with Crippen molar-refractivity contribution in [2.24, 2.45) is 5.92 Å². The van der Waals surface area contributed by atoms with Gasteiger partial charge in [0.1, 0.15) is 0 Å².